The molecule has 18 heavy (non-hydrogen) atoms. The second-order valence-corrected chi connectivity index (χ2v) is 3.34. The third-order valence-corrected chi connectivity index (χ3v) is 2.05. The summed E-state index contributed by atoms with van der Waals surface area (Å²) in [5, 5.41) is 16.9. The fourth-order valence-electron chi connectivity index (χ4n) is 1.14. The Morgan fingerprint density at radius 2 is 0.833 bits per heavy atom. The Bertz CT molecular complexity index is 443. The van der Waals surface area contributed by atoms with Gasteiger partial charge in [0.2, 0.25) is 0 Å². The van der Waals surface area contributed by atoms with E-state index in [4.69, 9.17) is 10.2 Å². The molecule has 4 nitrogen and oxygen atoms in total. The number of benzene rings is 2. The Morgan fingerprint density at radius 1 is 0.611 bits per heavy atom. The van der Waals surface area contributed by atoms with Gasteiger partial charge in [-0.1, -0.05) is 36.4 Å². The highest BCUT2D eigenvalue weighted by atomic mass is 16.4. The van der Waals surface area contributed by atoms with Crippen molar-refractivity contribution in [1.82, 2.24) is 0 Å². The molecule has 0 aliphatic rings. The van der Waals surface area contributed by atoms with Crippen LogP contribution in [0, 0.1) is 0 Å². The maximum atomic E-state index is 10.3. The predicted octanol–water partition coefficient (Wildman–Crippen LogP) is 2.77. The molecule has 0 amide bonds. The van der Waals surface area contributed by atoms with E-state index in [1.807, 2.05) is 36.4 Å². The van der Waals surface area contributed by atoms with Crippen LogP contribution < -0.4 is 0 Å². The summed E-state index contributed by atoms with van der Waals surface area (Å²) in [4.78, 5) is 20.7. The van der Waals surface area contributed by atoms with Crippen molar-refractivity contribution in [1.29, 1.82) is 0 Å². The summed E-state index contributed by atoms with van der Waals surface area (Å²) in [5.74, 6) is -2.13. The van der Waals surface area contributed by atoms with Gasteiger partial charge in [-0.05, 0) is 24.3 Å². The van der Waals surface area contributed by atoms with Gasteiger partial charge in [-0.3, -0.25) is 0 Å². The van der Waals surface area contributed by atoms with Gasteiger partial charge in [0.25, 0.3) is 0 Å². The zero-order chi connectivity index (χ0) is 13.4. The van der Waals surface area contributed by atoms with E-state index < -0.39 is 11.9 Å². The van der Waals surface area contributed by atoms with Gasteiger partial charge < -0.3 is 10.2 Å². The van der Waals surface area contributed by atoms with E-state index in [2.05, 4.69) is 0 Å². The number of carboxylic acid groups (broad SMARTS) is 2. The topological polar surface area (TPSA) is 74.6 Å². The van der Waals surface area contributed by atoms with Crippen molar-refractivity contribution in [2.75, 3.05) is 0 Å². The molecule has 2 N–H and O–H groups in total. The second kappa shape index (κ2) is 6.85. The fraction of sp³-hybridized carbons (Fsp3) is 0. The van der Waals surface area contributed by atoms with Gasteiger partial charge in [0.1, 0.15) is 0 Å². The van der Waals surface area contributed by atoms with Gasteiger partial charge in [-0.15, -0.1) is 0 Å². The highest BCUT2D eigenvalue weighted by Crippen LogP contribution is 2.03. The summed E-state index contributed by atoms with van der Waals surface area (Å²) in [6, 6.07) is 17.0. The van der Waals surface area contributed by atoms with Crippen LogP contribution >= 0.6 is 0 Å². The quantitative estimate of drug-likeness (QED) is 0.851. The first kappa shape index (κ1) is 13.4. The first-order chi connectivity index (χ1) is 8.61. The maximum Gasteiger partial charge on any atom is 0.335 e. The van der Waals surface area contributed by atoms with Crippen molar-refractivity contribution in [2.45, 2.75) is 0 Å². The molecule has 2 rings (SSSR count). The van der Waals surface area contributed by atoms with Crippen LogP contribution in [-0.2, 0) is 0 Å². The van der Waals surface area contributed by atoms with Gasteiger partial charge in [-0.25, -0.2) is 9.59 Å². The summed E-state index contributed by atoms with van der Waals surface area (Å²) in [6.45, 7) is 0. The van der Waals surface area contributed by atoms with Crippen LogP contribution in [0.3, 0.4) is 0 Å². The highest BCUT2D eigenvalue weighted by molar-refractivity contribution is 5.91. The van der Waals surface area contributed by atoms with E-state index in [0.29, 0.717) is 0 Å². The van der Waals surface area contributed by atoms with E-state index in [9.17, 15) is 9.59 Å². The zero-order valence-electron chi connectivity index (χ0n) is 9.48. The Kier molecular flexibility index (Phi) is 5.12. The molecule has 0 unspecified atom stereocenters. The monoisotopic (exact) mass is 244 g/mol. The van der Waals surface area contributed by atoms with E-state index in [0.717, 1.165) is 0 Å². The van der Waals surface area contributed by atoms with Gasteiger partial charge >= 0.3 is 11.9 Å². The molecule has 0 heterocycles. The van der Waals surface area contributed by atoms with Gasteiger partial charge in [0.05, 0.1) is 11.1 Å². The third kappa shape index (κ3) is 4.49. The lowest BCUT2D eigenvalue weighted by Crippen LogP contribution is -1.99. The smallest absolute Gasteiger partial charge is 0.335 e. The van der Waals surface area contributed by atoms with Crippen molar-refractivity contribution in [2.24, 2.45) is 0 Å². The molecule has 0 atom stereocenters. The first-order valence-corrected chi connectivity index (χ1v) is 5.18. The SMILES string of the molecule is O=C(O)c1ccc(C(=O)O)cc1.c1ccccc1. The average molecular weight is 244 g/mol. The number of aromatic carboxylic acids is 2. The number of hydrogen-bond donors (Lipinski definition) is 2. The van der Waals surface area contributed by atoms with Crippen LogP contribution in [-0.4, -0.2) is 22.2 Å². The molecule has 2 aromatic rings. The van der Waals surface area contributed by atoms with Crippen LogP contribution in [0.2, 0.25) is 0 Å². The lowest BCUT2D eigenvalue weighted by molar-refractivity contribution is 0.0681. The molecular weight excluding hydrogens is 232 g/mol. The standard InChI is InChI=1S/C8H6O4.C6H6/c9-7(10)5-1-2-6(4-3-5)8(11)12;1-2-4-6-5-3-1/h1-4H,(H,9,10)(H,11,12);1-6H. The van der Waals surface area contributed by atoms with Crippen molar-refractivity contribution in [3.63, 3.8) is 0 Å². The van der Waals surface area contributed by atoms with Crippen molar-refractivity contribution >= 4 is 11.9 Å². The highest BCUT2D eigenvalue weighted by Gasteiger charge is 2.04. The molecule has 0 bridgehead atoms. The molecule has 0 aliphatic carbocycles. The van der Waals surface area contributed by atoms with E-state index in [1.54, 1.807) is 0 Å². The minimum absolute atomic E-state index is 0.0833. The number of carboxylic acids is 2. The Labute approximate surface area is 104 Å². The van der Waals surface area contributed by atoms with E-state index in [1.165, 1.54) is 24.3 Å². The molecule has 92 valence electrons. The molecule has 0 aromatic heterocycles. The van der Waals surface area contributed by atoms with Crippen molar-refractivity contribution in [3.8, 4) is 0 Å². The summed E-state index contributed by atoms with van der Waals surface area (Å²) in [6.07, 6.45) is 0. The summed E-state index contributed by atoms with van der Waals surface area (Å²) >= 11 is 0. The minimum Gasteiger partial charge on any atom is -0.478 e. The Balaban J connectivity index is 0.000000225. The largest absolute Gasteiger partial charge is 0.478 e. The Morgan fingerprint density at radius 3 is 1.00 bits per heavy atom. The molecule has 0 spiro atoms. The van der Waals surface area contributed by atoms with Gasteiger partial charge in [0.15, 0.2) is 0 Å². The normalized spacial score (nSPS) is 8.89. The molecule has 0 fully saturated rings. The van der Waals surface area contributed by atoms with Crippen LogP contribution in [0.1, 0.15) is 20.7 Å². The van der Waals surface area contributed by atoms with Gasteiger partial charge in [-0.2, -0.15) is 0 Å². The lowest BCUT2D eigenvalue weighted by Gasteiger charge is -1.94. The summed E-state index contributed by atoms with van der Waals surface area (Å²) < 4.78 is 0. The fourth-order valence-corrected chi connectivity index (χ4v) is 1.14. The van der Waals surface area contributed by atoms with Gasteiger partial charge in [0, 0.05) is 0 Å². The Hall–Kier alpha value is -2.62. The van der Waals surface area contributed by atoms with Crippen LogP contribution in [0.15, 0.2) is 60.7 Å². The molecular formula is C14H12O4. The average Bonchev–Trinajstić information content (AvgIpc) is 2.41. The molecule has 0 saturated heterocycles. The van der Waals surface area contributed by atoms with Crippen molar-refractivity contribution < 1.29 is 19.8 Å². The zero-order valence-corrected chi connectivity index (χ0v) is 9.48. The molecule has 0 saturated carbocycles. The van der Waals surface area contributed by atoms with E-state index in [-0.39, 0.29) is 11.1 Å². The maximum absolute atomic E-state index is 10.3. The summed E-state index contributed by atoms with van der Waals surface area (Å²) in [5.41, 5.74) is 0.167. The minimum atomic E-state index is -1.06. The second-order valence-electron chi connectivity index (χ2n) is 3.34. The van der Waals surface area contributed by atoms with Crippen molar-refractivity contribution in [3.05, 3.63) is 71.8 Å². The number of carbonyl (C=O) groups is 2. The number of rotatable bonds is 2. The lowest BCUT2D eigenvalue weighted by atomic mass is 10.1. The molecule has 0 radical (unpaired) electrons. The van der Waals surface area contributed by atoms with Crippen LogP contribution in [0.25, 0.3) is 0 Å². The predicted molar refractivity (Wildman–Crippen MR) is 66.8 cm³/mol. The summed E-state index contributed by atoms with van der Waals surface area (Å²) in [7, 11) is 0. The van der Waals surface area contributed by atoms with Crippen LogP contribution in [0.5, 0.6) is 0 Å². The number of hydrogen-bond acceptors (Lipinski definition) is 2. The molecule has 0 aliphatic heterocycles. The van der Waals surface area contributed by atoms with Crippen LogP contribution in [0.4, 0.5) is 0 Å². The molecule has 2 aromatic carbocycles. The molecule has 4 heteroatoms. The first-order valence-electron chi connectivity index (χ1n) is 5.18. The van der Waals surface area contributed by atoms with E-state index >= 15 is 0 Å². The third-order valence-electron chi connectivity index (χ3n) is 2.05.